The normalized spacial score (nSPS) is 21.2. The van der Waals surface area contributed by atoms with Gasteiger partial charge in [0.15, 0.2) is 6.61 Å². The number of ether oxygens (including phenoxy) is 1. The Kier molecular flexibility index (Phi) is 7.36. The van der Waals surface area contributed by atoms with E-state index in [1.165, 1.54) is 5.56 Å². The van der Waals surface area contributed by atoms with Gasteiger partial charge in [-0.25, -0.2) is 0 Å². The molecule has 4 nitrogen and oxygen atoms in total. The van der Waals surface area contributed by atoms with Gasteiger partial charge in [-0.3, -0.25) is 4.79 Å². The van der Waals surface area contributed by atoms with Crippen molar-refractivity contribution >= 4 is 18.3 Å². The van der Waals surface area contributed by atoms with Crippen LogP contribution in [0.4, 0.5) is 0 Å². The van der Waals surface area contributed by atoms with Crippen LogP contribution >= 0.6 is 12.4 Å². The fourth-order valence-electron chi connectivity index (χ4n) is 2.73. The first kappa shape index (κ1) is 19.8. The van der Waals surface area contributed by atoms with Crippen molar-refractivity contribution in [3.05, 3.63) is 29.8 Å². The van der Waals surface area contributed by atoms with E-state index in [1.54, 1.807) is 0 Å². The number of hydrogen-bond donors (Lipinski definition) is 2. The Morgan fingerprint density at radius 3 is 2.26 bits per heavy atom. The molecular weight excluding hydrogens is 312 g/mol. The van der Waals surface area contributed by atoms with Crippen LogP contribution in [0, 0.1) is 0 Å². The van der Waals surface area contributed by atoms with Crippen LogP contribution in [0.25, 0.3) is 0 Å². The summed E-state index contributed by atoms with van der Waals surface area (Å²) >= 11 is 0. The first-order valence-electron chi connectivity index (χ1n) is 8.13. The molecule has 1 aliphatic carbocycles. The summed E-state index contributed by atoms with van der Waals surface area (Å²) in [4.78, 5) is 11.9. The lowest BCUT2D eigenvalue weighted by molar-refractivity contribution is -0.124. The smallest absolute Gasteiger partial charge is 0.258 e. The van der Waals surface area contributed by atoms with E-state index in [9.17, 15) is 4.79 Å². The van der Waals surface area contributed by atoms with Crippen molar-refractivity contribution in [3.63, 3.8) is 0 Å². The van der Waals surface area contributed by atoms with E-state index in [-0.39, 0.29) is 36.4 Å². The van der Waals surface area contributed by atoms with Crippen molar-refractivity contribution in [2.45, 2.75) is 64.0 Å². The number of amides is 1. The van der Waals surface area contributed by atoms with Crippen molar-refractivity contribution in [2.75, 3.05) is 6.61 Å². The van der Waals surface area contributed by atoms with Gasteiger partial charge in [0.25, 0.3) is 5.91 Å². The molecule has 1 aromatic rings. The predicted molar refractivity (Wildman–Crippen MR) is 96.3 cm³/mol. The molecule has 23 heavy (non-hydrogen) atoms. The number of rotatable bonds is 4. The van der Waals surface area contributed by atoms with Crippen LogP contribution in [0.15, 0.2) is 24.3 Å². The third kappa shape index (κ3) is 6.40. The van der Waals surface area contributed by atoms with Gasteiger partial charge in [0.2, 0.25) is 0 Å². The lowest BCUT2D eigenvalue weighted by Crippen LogP contribution is -2.42. The highest BCUT2D eigenvalue weighted by molar-refractivity contribution is 5.85. The standard InChI is InChI=1S/C18H28N2O2.ClH/c1-18(2,3)13-4-10-16(11-5-13)22-12-17(21)20-15-8-6-14(19)7-9-15;/h4-5,10-11,14-15H,6-9,12,19H2,1-3H3,(H,20,21);1H. The van der Waals surface area contributed by atoms with Crippen LogP contribution in [0.5, 0.6) is 5.75 Å². The molecule has 0 radical (unpaired) electrons. The molecule has 0 spiro atoms. The van der Waals surface area contributed by atoms with E-state index in [0.717, 1.165) is 31.4 Å². The minimum atomic E-state index is -0.0552. The molecule has 3 N–H and O–H groups in total. The van der Waals surface area contributed by atoms with E-state index in [1.807, 2.05) is 12.1 Å². The second kappa shape index (κ2) is 8.55. The average Bonchev–Trinajstić information content (AvgIpc) is 2.47. The number of carbonyl (C=O) groups excluding carboxylic acids is 1. The molecule has 0 aromatic heterocycles. The minimum Gasteiger partial charge on any atom is -0.484 e. The number of halogens is 1. The van der Waals surface area contributed by atoms with Crippen molar-refractivity contribution in [1.82, 2.24) is 5.32 Å². The molecule has 1 fully saturated rings. The topological polar surface area (TPSA) is 64.3 Å². The summed E-state index contributed by atoms with van der Waals surface area (Å²) in [5.74, 6) is 0.675. The summed E-state index contributed by atoms with van der Waals surface area (Å²) in [6.45, 7) is 6.59. The highest BCUT2D eigenvalue weighted by Crippen LogP contribution is 2.24. The SMILES string of the molecule is CC(C)(C)c1ccc(OCC(=O)NC2CCC(N)CC2)cc1.Cl. The highest BCUT2D eigenvalue weighted by atomic mass is 35.5. The molecule has 5 heteroatoms. The molecule has 1 amide bonds. The van der Waals surface area contributed by atoms with Gasteiger partial charge >= 0.3 is 0 Å². The summed E-state index contributed by atoms with van der Waals surface area (Å²) < 4.78 is 5.56. The molecule has 0 saturated heterocycles. The summed E-state index contributed by atoms with van der Waals surface area (Å²) in [5, 5.41) is 3.03. The largest absolute Gasteiger partial charge is 0.484 e. The fraction of sp³-hybridized carbons (Fsp3) is 0.611. The number of nitrogens with one attached hydrogen (secondary N) is 1. The highest BCUT2D eigenvalue weighted by Gasteiger charge is 2.20. The molecule has 1 aromatic carbocycles. The Balaban J connectivity index is 0.00000264. The maximum absolute atomic E-state index is 11.9. The van der Waals surface area contributed by atoms with Crippen molar-refractivity contribution in [1.29, 1.82) is 0 Å². The molecule has 2 rings (SSSR count). The van der Waals surface area contributed by atoms with Crippen LogP contribution in [0.3, 0.4) is 0 Å². The number of carbonyl (C=O) groups is 1. The van der Waals surface area contributed by atoms with E-state index in [0.29, 0.717) is 6.04 Å². The molecule has 0 atom stereocenters. The summed E-state index contributed by atoms with van der Waals surface area (Å²) in [5.41, 5.74) is 7.24. The quantitative estimate of drug-likeness (QED) is 0.884. The maximum atomic E-state index is 11.9. The molecule has 0 unspecified atom stereocenters. The Morgan fingerprint density at radius 2 is 1.74 bits per heavy atom. The molecule has 1 saturated carbocycles. The van der Waals surface area contributed by atoms with Crippen molar-refractivity contribution in [2.24, 2.45) is 5.73 Å². The van der Waals surface area contributed by atoms with Gasteiger partial charge in [-0.15, -0.1) is 12.4 Å². The molecule has 1 aliphatic rings. The maximum Gasteiger partial charge on any atom is 0.258 e. The fourth-order valence-corrected chi connectivity index (χ4v) is 2.73. The van der Waals surface area contributed by atoms with E-state index < -0.39 is 0 Å². The summed E-state index contributed by atoms with van der Waals surface area (Å²) in [6, 6.07) is 8.50. The van der Waals surface area contributed by atoms with Gasteiger partial charge < -0.3 is 15.8 Å². The Hall–Kier alpha value is -1.26. The second-order valence-corrected chi connectivity index (χ2v) is 7.24. The van der Waals surface area contributed by atoms with E-state index in [2.05, 4.69) is 38.2 Å². The predicted octanol–water partition coefficient (Wildman–Crippen LogP) is 3.17. The van der Waals surface area contributed by atoms with Crippen LogP contribution in [0.2, 0.25) is 0 Å². The van der Waals surface area contributed by atoms with Crippen LogP contribution < -0.4 is 15.8 Å². The Labute approximate surface area is 145 Å². The monoisotopic (exact) mass is 340 g/mol. The Morgan fingerprint density at radius 1 is 1.17 bits per heavy atom. The zero-order chi connectivity index (χ0) is 16.2. The van der Waals surface area contributed by atoms with E-state index in [4.69, 9.17) is 10.5 Å². The zero-order valence-electron chi connectivity index (χ0n) is 14.3. The average molecular weight is 341 g/mol. The minimum absolute atomic E-state index is 0. The third-order valence-electron chi connectivity index (χ3n) is 4.23. The van der Waals surface area contributed by atoms with E-state index >= 15 is 0 Å². The first-order chi connectivity index (χ1) is 10.3. The number of hydrogen-bond acceptors (Lipinski definition) is 3. The molecule has 0 bridgehead atoms. The van der Waals surface area contributed by atoms with Gasteiger partial charge in [-0.1, -0.05) is 32.9 Å². The van der Waals surface area contributed by atoms with Gasteiger partial charge in [0.1, 0.15) is 5.75 Å². The molecule has 130 valence electrons. The van der Waals surface area contributed by atoms with Crippen LogP contribution in [-0.2, 0) is 10.2 Å². The number of nitrogens with two attached hydrogens (primary N) is 1. The van der Waals surface area contributed by atoms with Gasteiger partial charge in [0, 0.05) is 12.1 Å². The van der Waals surface area contributed by atoms with Crippen LogP contribution in [0.1, 0.15) is 52.0 Å². The molecular formula is C18H29ClN2O2. The third-order valence-corrected chi connectivity index (χ3v) is 4.23. The van der Waals surface area contributed by atoms with Crippen LogP contribution in [-0.4, -0.2) is 24.6 Å². The van der Waals surface area contributed by atoms with Crippen molar-refractivity contribution in [3.8, 4) is 5.75 Å². The lowest BCUT2D eigenvalue weighted by atomic mass is 9.87. The summed E-state index contributed by atoms with van der Waals surface area (Å²) in [6.07, 6.45) is 3.90. The van der Waals surface area contributed by atoms with Gasteiger partial charge in [-0.2, -0.15) is 0 Å². The second-order valence-electron chi connectivity index (χ2n) is 7.24. The van der Waals surface area contributed by atoms with Gasteiger partial charge in [-0.05, 0) is 48.8 Å². The Bertz CT molecular complexity index is 489. The lowest BCUT2D eigenvalue weighted by Gasteiger charge is -2.26. The molecule has 0 aliphatic heterocycles. The summed E-state index contributed by atoms with van der Waals surface area (Å²) in [7, 11) is 0. The first-order valence-corrected chi connectivity index (χ1v) is 8.13. The number of benzene rings is 1. The zero-order valence-corrected chi connectivity index (χ0v) is 15.1. The molecule has 0 heterocycles. The van der Waals surface area contributed by atoms with Crippen molar-refractivity contribution < 1.29 is 9.53 Å². The van der Waals surface area contributed by atoms with Gasteiger partial charge in [0.05, 0.1) is 0 Å².